The van der Waals surface area contributed by atoms with Gasteiger partial charge in [0.15, 0.2) is 0 Å². The van der Waals surface area contributed by atoms with Crippen LogP contribution in [0.2, 0.25) is 0 Å². The molecule has 0 fully saturated rings. The molecular weight excluding hydrogens is 445 g/mol. The molecule has 0 spiro atoms. The van der Waals surface area contributed by atoms with E-state index in [4.69, 9.17) is 29.9 Å². The first-order valence-corrected chi connectivity index (χ1v) is 11.0. The largest absolute Gasteiger partial charge is 0.349 e. The van der Waals surface area contributed by atoms with E-state index < -0.39 is 0 Å². The standard InChI is InChI=1S/C24H24N2S4/c27-23(28)25(15-19-7-3-1-4-8-19)17-21-11-13-22(14-12-21)18-26(24(29)30)16-20-9-5-2-6-10-20/h1-14H,15-18H2,(H,27,28)(H,29,30)/i11D,12D,13D,14D. The third-order valence-corrected chi connectivity index (χ3v) is 5.48. The van der Waals surface area contributed by atoms with E-state index in [1.807, 2.05) is 60.7 Å². The van der Waals surface area contributed by atoms with E-state index in [1.54, 1.807) is 9.80 Å². The molecule has 0 radical (unpaired) electrons. The van der Waals surface area contributed by atoms with Crippen LogP contribution in [-0.4, -0.2) is 18.4 Å². The number of rotatable bonds is 8. The fourth-order valence-electron chi connectivity index (χ4n) is 2.89. The second kappa shape index (κ2) is 11.5. The number of hydrogen-bond acceptors (Lipinski definition) is 2. The molecule has 3 rings (SSSR count). The molecule has 0 amide bonds. The zero-order valence-electron chi connectivity index (χ0n) is 20.2. The highest BCUT2D eigenvalue weighted by Crippen LogP contribution is 2.16. The lowest BCUT2D eigenvalue weighted by atomic mass is 10.1. The van der Waals surface area contributed by atoms with Crippen LogP contribution in [0.25, 0.3) is 0 Å². The van der Waals surface area contributed by atoms with E-state index in [0.717, 1.165) is 11.1 Å². The molecule has 0 aromatic heterocycles. The maximum Gasteiger partial charge on any atom is 0.133 e. The van der Waals surface area contributed by atoms with Crippen LogP contribution in [0, 0.1) is 0 Å². The van der Waals surface area contributed by atoms with Gasteiger partial charge in [-0.1, -0.05) is 109 Å². The van der Waals surface area contributed by atoms with Crippen molar-refractivity contribution in [1.82, 2.24) is 9.80 Å². The van der Waals surface area contributed by atoms with Gasteiger partial charge < -0.3 is 9.80 Å². The highest BCUT2D eigenvalue weighted by molar-refractivity contribution is 8.11. The van der Waals surface area contributed by atoms with Crippen LogP contribution in [0.1, 0.15) is 27.7 Å². The summed E-state index contributed by atoms with van der Waals surface area (Å²) >= 11 is 19.2. The van der Waals surface area contributed by atoms with Gasteiger partial charge in [-0.15, -0.1) is 25.3 Å². The highest BCUT2D eigenvalue weighted by Gasteiger charge is 2.11. The molecule has 0 bridgehead atoms. The van der Waals surface area contributed by atoms with Crippen LogP contribution in [0.4, 0.5) is 0 Å². The monoisotopic (exact) mass is 472 g/mol. The lowest BCUT2D eigenvalue weighted by Crippen LogP contribution is -2.25. The third-order valence-electron chi connectivity index (χ3n) is 4.40. The van der Waals surface area contributed by atoms with Crippen LogP contribution >= 0.6 is 49.7 Å². The quantitative estimate of drug-likeness (QED) is 0.301. The minimum atomic E-state index is -0.0941. The Morgan fingerprint density at radius 2 is 0.900 bits per heavy atom. The summed E-state index contributed by atoms with van der Waals surface area (Å²) in [4.78, 5) is 3.50. The van der Waals surface area contributed by atoms with Crippen LogP contribution in [0.5, 0.6) is 0 Å². The number of thiol groups is 2. The molecule has 0 aliphatic carbocycles. The molecule has 0 unspecified atom stereocenters. The van der Waals surface area contributed by atoms with Crippen LogP contribution in [0.3, 0.4) is 0 Å². The minimum absolute atomic E-state index is 0.0941. The Kier molecular flexibility index (Phi) is 6.82. The molecule has 0 atom stereocenters. The Morgan fingerprint density at radius 1 is 0.600 bits per heavy atom. The SMILES string of the molecule is [2H]c1c([2H])c(CN(Cc2ccccc2)C(=S)S)c([2H])c([2H])c1CN(Cc1ccccc1)C(=S)S. The molecule has 3 aromatic carbocycles. The first kappa shape index (κ1) is 17.8. The molecule has 0 heterocycles. The van der Waals surface area contributed by atoms with Crippen molar-refractivity contribution in [2.75, 3.05) is 0 Å². The molecule has 30 heavy (non-hydrogen) atoms. The van der Waals surface area contributed by atoms with Gasteiger partial charge in [-0.3, -0.25) is 0 Å². The highest BCUT2D eigenvalue weighted by atomic mass is 32.1. The van der Waals surface area contributed by atoms with Crippen molar-refractivity contribution in [3.8, 4) is 0 Å². The predicted molar refractivity (Wildman–Crippen MR) is 141 cm³/mol. The zero-order valence-corrected chi connectivity index (χ0v) is 19.6. The maximum absolute atomic E-state index is 8.60. The summed E-state index contributed by atoms with van der Waals surface area (Å²) in [6, 6.07) is 19.0. The summed E-state index contributed by atoms with van der Waals surface area (Å²) in [5, 5.41) is 0. The molecule has 0 saturated heterocycles. The van der Waals surface area contributed by atoms with E-state index in [2.05, 4.69) is 25.3 Å². The van der Waals surface area contributed by atoms with E-state index in [0.29, 0.717) is 21.7 Å². The van der Waals surface area contributed by atoms with Crippen LogP contribution in [-0.2, 0) is 26.2 Å². The predicted octanol–water partition coefficient (Wildman–Crippen LogP) is 6.12. The van der Waals surface area contributed by atoms with Crippen molar-refractivity contribution in [1.29, 1.82) is 0 Å². The normalized spacial score (nSPS) is 12.3. The maximum atomic E-state index is 8.60. The lowest BCUT2D eigenvalue weighted by Gasteiger charge is -2.24. The average Bonchev–Trinajstić information content (AvgIpc) is 2.82. The van der Waals surface area contributed by atoms with Gasteiger partial charge >= 0.3 is 0 Å². The Morgan fingerprint density at radius 3 is 1.20 bits per heavy atom. The first-order valence-electron chi connectivity index (χ1n) is 11.3. The summed E-state index contributed by atoms with van der Waals surface area (Å²) in [7, 11) is 0. The number of hydrogen-bond donors (Lipinski definition) is 2. The Balaban J connectivity index is 1.90. The molecule has 0 saturated carbocycles. The fraction of sp³-hybridized carbons (Fsp3) is 0.167. The number of benzene rings is 3. The molecule has 0 N–H and O–H groups in total. The number of thiocarbonyl (C=S) groups is 2. The van der Waals surface area contributed by atoms with Crippen molar-refractivity contribution < 1.29 is 5.48 Å². The topological polar surface area (TPSA) is 6.48 Å². The third kappa shape index (κ3) is 7.13. The van der Waals surface area contributed by atoms with Gasteiger partial charge in [0.2, 0.25) is 0 Å². The van der Waals surface area contributed by atoms with Crippen molar-refractivity contribution >= 4 is 58.3 Å². The Bertz CT molecular complexity index is 1060. The second-order valence-corrected chi connectivity index (χ2v) is 8.93. The van der Waals surface area contributed by atoms with Gasteiger partial charge in [-0.05, 0) is 22.3 Å². The Labute approximate surface area is 206 Å². The van der Waals surface area contributed by atoms with Gasteiger partial charge in [0, 0.05) is 26.2 Å². The molecule has 2 nitrogen and oxygen atoms in total. The van der Waals surface area contributed by atoms with E-state index in [-0.39, 0.29) is 48.4 Å². The molecule has 0 aliphatic heterocycles. The van der Waals surface area contributed by atoms with E-state index in [9.17, 15) is 0 Å². The van der Waals surface area contributed by atoms with Crippen molar-refractivity contribution in [3.63, 3.8) is 0 Å². The van der Waals surface area contributed by atoms with Crippen molar-refractivity contribution in [2.45, 2.75) is 26.2 Å². The first-order chi connectivity index (χ1) is 16.2. The summed E-state index contributed by atoms with van der Waals surface area (Å²) in [5.74, 6) is 0. The number of nitrogens with zero attached hydrogens (tertiary/aromatic N) is 2. The van der Waals surface area contributed by atoms with Gasteiger partial charge in [-0.2, -0.15) is 0 Å². The van der Waals surface area contributed by atoms with Crippen molar-refractivity contribution in [3.05, 3.63) is 107 Å². The molecule has 3 aromatic rings. The van der Waals surface area contributed by atoms with Gasteiger partial charge in [0.25, 0.3) is 0 Å². The van der Waals surface area contributed by atoms with E-state index >= 15 is 0 Å². The van der Waals surface area contributed by atoms with Gasteiger partial charge in [0.05, 0.1) is 5.48 Å². The smallest absolute Gasteiger partial charge is 0.133 e. The fourth-order valence-corrected chi connectivity index (χ4v) is 3.44. The average molecular weight is 473 g/mol. The lowest BCUT2D eigenvalue weighted by molar-refractivity contribution is 0.418. The second-order valence-electron chi connectivity index (χ2n) is 6.71. The van der Waals surface area contributed by atoms with Crippen molar-refractivity contribution in [2.24, 2.45) is 0 Å². The summed E-state index contributed by atoms with van der Waals surface area (Å²) in [6.07, 6.45) is 0. The summed E-state index contributed by atoms with van der Waals surface area (Å²) < 4.78 is 35.1. The summed E-state index contributed by atoms with van der Waals surface area (Å²) in [5.41, 5.74) is 2.55. The minimum Gasteiger partial charge on any atom is -0.349 e. The molecule has 6 heteroatoms. The van der Waals surface area contributed by atoms with Crippen LogP contribution in [0.15, 0.2) is 84.8 Å². The Hall–Kier alpha value is -1.86. The molecule has 0 aliphatic rings. The zero-order chi connectivity index (χ0) is 24.8. The molecule has 154 valence electrons. The van der Waals surface area contributed by atoms with Gasteiger partial charge in [0.1, 0.15) is 8.64 Å². The molecular formula is C24H24N2S4. The summed E-state index contributed by atoms with van der Waals surface area (Å²) in [6.45, 7) is 1.13. The van der Waals surface area contributed by atoms with E-state index in [1.165, 1.54) is 0 Å². The van der Waals surface area contributed by atoms with Gasteiger partial charge in [-0.25, -0.2) is 0 Å². The van der Waals surface area contributed by atoms with Crippen LogP contribution < -0.4 is 0 Å².